The highest BCUT2D eigenvalue weighted by molar-refractivity contribution is 7.89. The third-order valence-electron chi connectivity index (χ3n) is 5.19. The van der Waals surface area contributed by atoms with Crippen molar-refractivity contribution in [2.24, 2.45) is 5.92 Å². The SMILES string of the molecule is O=C(CCC1CCCN(S(=O)(=O)c2ccccc2)C1)NCC1CCCO1. The number of carbonyl (C=O) groups excluding carboxylic acids is 1. The Balaban J connectivity index is 1.46. The van der Waals surface area contributed by atoms with Crippen molar-refractivity contribution in [3.8, 4) is 0 Å². The third kappa shape index (κ3) is 5.05. The molecule has 3 rings (SSSR count). The van der Waals surface area contributed by atoms with Crippen LogP contribution in [0.4, 0.5) is 0 Å². The minimum absolute atomic E-state index is 0.0311. The summed E-state index contributed by atoms with van der Waals surface area (Å²) in [5.41, 5.74) is 0. The molecular weight excluding hydrogens is 352 g/mol. The number of carbonyl (C=O) groups is 1. The molecule has 1 aromatic rings. The Hall–Kier alpha value is -1.44. The number of hydrogen-bond acceptors (Lipinski definition) is 4. The molecule has 7 heteroatoms. The minimum atomic E-state index is -3.44. The number of nitrogens with zero attached hydrogens (tertiary/aromatic N) is 1. The summed E-state index contributed by atoms with van der Waals surface area (Å²) < 4.78 is 32.6. The van der Waals surface area contributed by atoms with Crippen molar-refractivity contribution in [2.75, 3.05) is 26.2 Å². The van der Waals surface area contributed by atoms with E-state index in [2.05, 4.69) is 5.32 Å². The van der Waals surface area contributed by atoms with Crippen LogP contribution >= 0.6 is 0 Å². The Morgan fingerprint density at radius 3 is 2.73 bits per heavy atom. The predicted octanol–water partition coefficient (Wildman–Crippen LogP) is 2.16. The van der Waals surface area contributed by atoms with Gasteiger partial charge in [0.15, 0.2) is 0 Å². The normalized spacial score (nSPS) is 24.5. The van der Waals surface area contributed by atoms with Crippen LogP contribution in [-0.2, 0) is 19.6 Å². The molecule has 2 atom stereocenters. The van der Waals surface area contributed by atoms with Gasteiger partial charge < -0.3 is 10.1 Å². The monoisotopic (exact) mass is 380 g/mol. The molecule has 2 unspecified atom stereocenters. The van der Waals surface area contributed by atoms with Gasteiger partial charge in [-0.1, -0.05) is 18.2 Å². The van der Waals surface area contributed by atoms with Crippen molar-refractivity contribution >= 4 is 15.9 Å². The van der Waals surface area contributed by atoms with E-state index in [0.717, 1.165) is 38.7 Å². The quantitative estimate of drug-likeness (QED) is 0.787. The zero-order chi connectivity index (χ0) is 18.4. The molecule has 26 heavy (non-hydrogen) atoms. The first-order valence-electron chi connectivity index (χ1n) is 9.49. The molecule has 2 saturated heterocycles. The zero-order valence-corrected chi connectivity index (χ0v) is 15.9. The van der Waals surface area contributed by atoms with Gasteiger partial charge in [0.05, 0.1) is 11.0 Å². The molecule has 144 valence electrons. The molecule has 0 bridgehead atoms. The lowest BCUT2D eigenvalue weighted by atomic mass is 9.94. The van der Waals surface area contributed by atoms with Gasteiger partial charge in [-0.05, 0) is 50.2 Å². The van der Waals surface area contributed by atoms with Gasteiger partial charge in [-0.2, -0.15) is 4.31 Å². The lowest BCUT2D eigenvalue weighted by molar-refractivity contribution is -0.121. The average molecular weight is 381 g/mol. The molecule has 0 aromatic heterocycles. The highest BCUT2D eigenvalue weighted by Crippen LogP contribution is 2.26. The van der Waals surface area contributed by atoms with E-state index in [-0.39, 0.29) is 17.9 Å². The summed E-state index contributed by atoms with van der Waals surface area (Å²) in [5.74, 6) is 0.263. The van der Waals surface area contributed by atoms with Crippen LogP contribution < -0.4 is 5.32 Å². The Morgan fingerprint density at radius 2 is 2.00 bits per heavy atom. The van der Waals surface area contributed by atoms with Crippen molar-refractivity contribution in [3.63, 3.8) is 0 Å². The summed E-state index contributed by atoms with van der Waals surface area (Å²) in [5, 5.41) is 2.94. The minimum Gasteiger partial charge on any atom is -0.376 e. The standard InChI is InChI=1S/C19H28N2O4S/c22-19(20-14-17-7-5-13-25-17)11-10-16-6-4-12-21(15-16)26(23,24)18-8-2-1-3-9-18/h1-3,8-9,16-17H,4-7,10-15H2,(H,20,22). The van der Waals surface area contributed by atoms with Crippen LogP contribution in [0.3, 0.4) is 0 Å². The largest absolute Gasteiger partial charge is 0.376 e. The highest BCUT2D eigenvalue weighted by Gasteiger charge is 2.30. The van der Waals surface area contributed by atoms with E-state index in [1.807, 2.05) is 6.07 Å². The average Bonchev–Trinajstić information content (AvgIpc) is 3.19. The van der Waals surface area contributed by atoms with E-state index in [4.69, 9.17) is 4.74 Å². The summed E-state index contributed by atoms with van der Waals surface area (Å²) in [6, 6.07) is 8.57. The van der Waals surface area contributed by atoms with Crippen molar-refractivity contribution in [1.82, 2.24) is 9.62 Å². The summed E-state index contributed by atoms with van der Waals surface area (Å²) in [4.78, 5) is 12.4. The predicted molar refractivity (Wildman–Crippen MR) is 99.1 cm³/mol. The number of hydrogen-bond donors (Lipinski definition) is 1. The van der Waals surface area contributed by atoms with Gasteiger partial charge in [-0.25, -0.2) is 8.42 Å². The molecule has 2 fully saturated rings. The maximum absolute atomic E-state index is 12.8. The lowest BCUT2D eigenvalue weighted by Crippen LogP contribution is -2.40. The van der Waals surface area contributed by atoms with Crippen molar-refractivity contribution in [3.05, 3.63) is 30.3 Å². The van der Waals surface area contributed by atoms with E-state index in [0.29, 0.717) is 31.0 Å². The van der Waals surface area contributed by atoms with E-state index >= 15 is 0 Å². The van der Waals surface area contributed by atoms with Gasteiger partial charge in [-0.15, -0.1) is 0 Å². The van der Waals surface area contributed by atoms with Crippen LogP contribution in [0.2, 0.25) is 0 Å². The highest BCUT2D eigenvalue weighted by atomic mass is 32.2. The second-order valence-electron chi connectivity index (χ2n) is 7.16. The molecule has 0 spiro atoms. The summed E-state index contributed by atoms with van der Waals surface area (Å²) >= 11 is 0. The van der Waals surface area contributed by atoms with E-state index < -0.39 is 10.0 Å². The second-order valence-corrected chi connectivity index (χ2v) is 9.10. The zero-order valence-electron chi connectivity index (χ0n) is 15.1. The van der Waals surface area contributed by atoms with Crippen molar-refractivity contribution in [2.45, 2.75) is 49.5 Å². The van der Waals surface area contributed by atoms with Crippen LogP contribution in [-0.4, -0.2) is 51.0 Å². The Labute approximate surface area is 156 Å². The van der Waals surface area contributed by atoms with Gasteiger partial charge in [0.2, 0.25) is 15.9 Å². The number of amides is 1. The van der Waals surface area contributed by atoms with Crippen LogP contribution in [0.15, 0.2) is 35.2 Å². The molecule has 0 aliphatic carbocycles. The van der Waals surface area contributed by atoms with Gasteiger partial charge in [0.25, 0.3) is 0 Å². The Bertz CT molecular complexity index is 687. The second kappa shape index (κ2) is 8.97. The summed E-state index contributed by atoms with van der Waals surface area (Å²) in [6.07, 6.45) is 5.20. The van der Waals surface area contributed by atoms with Gasteiger partial charge in [-0.3, -0.25) is 4.79 Å². The Morgan fingerprint density at radius 1 is 1.19 bits per heavy atom. The molecule has 0 radical (unpaired) electrons. The van der Waals surface area contributed by atoms with Crippen LogP contribution in [0.5, 0.6) is 0 Å². The maximum Gasteiger partial charge on any atom is 0.243 e. The lowest BCUT2D eigenvalue weighted by Gasteiger charge is -2.32. The molecule has 2 heterocycles. The smallest absolute Gasteiger partial charge is 0.243 e. The number of piperidine rings is 1. The van der Waals surface area contributed by atoms with E-state index in [1.54, 1.807) is 28.6 Å². The van der Waals surface area contributed by atoms with Crippen LogP contribution in [0.1, 0.15) is 38.5 Å². The summed E-state index contributed by atoms with van der Waals surface area (Å²) in [7, 11) is -3.44. The van der Waals surface area contributed by atoms with Crippen LogP contribution in [0, 0.1) is 5.92 Å². The summed E-state index contributed by atoms with van der Waals surface area (Å²) in [6.45, 7) is 2.42. The first-order valence-corrected chi connectivity index (χ1v) is 10.9. The number of sulfonamides is 1. The molecule has 1 aromatic carbocycles. The fourth-order valence-electron chi connectivity index (χ4n) is 3.68. The Kier molecular flexibility index (Phi) is 6.67. The van der Waals surface area contributed by atoms with Crippen LogP contribution in [0.25, 0.3) is 0 Å². The number of benzene rings is 1. The first-order chi connectivity index (χ1) is 12.6. The molecule has 2 aliphatic heterocycles. The van der Waals surface area contributed by atoms with E-state index in [1.165, 1.54) is 0 Å². The molecule has 2 aliphatic rings. The van der Waals surface area contributed by atoms with Crippen molar-refractivity contribution in [1.29, 1.82) is 0 Å². The number of rotatable bonds is 7. The fraction of sp³-hybridized carbons (Fsp3) is 0.632. The van der Waals surface area contributed by atoms with Gasteiger partial charge in [0, 0.05) is 32.7 Å². The van der Waals surface area contributed by atoms with Gasteiger partial charge >= 0.3 is 0 Å². The fourth-order valence-corrected chi connectivity index (χ4v) is 5.25. The molecule has 1 N–H and O–H groups in total. The molecule has 6 nitrogen and oxygen atoms in total. The third-order valence-corrected chi connectivity index (χ3v) is 7.07. The van der Waals surface area contributed by atoms with E-state index in [9.17, 15) is 13.2 Å². The number of ether oxygens (including phenoxy) is 1. The topological polar surface area (TPSA) is 75.7 Å². The molecule has 0 saturated carbocycles. The molecular formula is C19H28N2O4S. The van der Waals surface area contributed by atoms with Crippen molar-refractivity contribution < 1.29 is 17.9 Å². The number of nitrogens with one attached hydrogen (secondary N) is 1. The maximum atomic E-state index is 12.8. The molecule has 1 amide bonds. The first kappa shape index (κ1) is 19.3. The van der Waals surface area contributed by atoms with Gasteiger partial charge in [0.1, 0.15) is 0 Å².